The van der Waals surface area contributed by atoms with Crippen LogP contribution in [-0.2, 0) is 65.4 Å². The third-order valence-corrected chi connectivity index (χ3v) is 19.6. The molecule has 0 spiro atoms. The van der Waals surface area contributed by atoms with Crippen molar-refractivity contribution in [2.45, 2.75) is 393 Å². The van der Waals surface area contributed by atoms with Crippen LogP contribution in [0, 0.1) is 0 Å². The van der Waals surface area contributed by atoms with Crippen LogP contribution in [0.3, 0.4) is 0 Å². The number of carbonyl (C=O) groups excluding carboxylic acids is 4. The van der Waals surface area contributed by atoms with Crippen molar-refractivity contribution < 1.29 is 80.2 Å². The van der Waals surface area contributed by atoms with Crippen LogP contribution in [0.1, 0.15) is 374 Å². The molecule has 0 saturated heterocycles. The van der Waals surface area contributed by atoms with E-state index in [0.717, 1.165) is 116 Å². The van der Waals surface area contributed by atoms with Gasteiger partial charge in [0.25, 0.3) is 0 Å². The monoisotopic (exact) mass is 1480 g/mol. The second-order valence-electron chi connectivity index (χ2n) is 27.7. The highest BCUT2D eigenvalue weighted by molar-refractivity contribution is 7.47. The molecule has 0 amide bonds. The van der Waals surface area contributed by atoms with Crippen molar-refractivity contribution in [1.82, 2.24) is 0 Å². The Kier molecular flexibility index (Phi) is 73.1. The summed E-state index contributed by atoms with van der Waals surface area (Å²) in [6.45, 7) is 4.82. The molecule has 0 aromatic rings. The molecule has 17 nitrogen and oxygen atoms in total. The van der Waals surface area contributed by atoms with Crippen LogP contribution < -0.4 is 0 Å². The number of allylic oxidation sites excluding steroid dienone is 12. The topological polar surface area (TPSA) is 237 Å². The average Bonchev–Trinajstić information content (AvgIpc) is 0.939. The highest BCUT2D eigenvalue weighted by Gasteiger charge is 2.30. The maximum absolute atomic E-state index is 13.1. The van der Waals surface area contributed by atoms with Gasteiger partial charge in [0.1, 0.15) is 19.3 Å². The lowest BCUT2D eigenvalue weighted by Gasteiger charge is -2.21. The highest BCUT2D eigenvalue weighted by atomic mass is 31.2. The second-order valence-corrected chi connectivity index (χ2v) is 30.6. The summed E-state index contributed by atoms with van der Waals surface area (Å²) in [4.78, 5) is 73.0. The van der Waals surface area contributed by atoms with Gasteiger partial charge in [-0.25, -0.2) is 9.13 Å². The summed E-state index contributed by atoms with van der Waals surface area (Å²) in [5, 5.41) is 10.6. The largest absolute Gasteiger partial charge is 0.472 e. The molecule has 2 unspecified atom stereocenters. The van der Waals surface area contributed by atoms with Crippen LogP contribution in [0.4, 0.5) is 0 Å². The van der Waals surface area contributed by atoms with E-state index in [-0.39, 0.29) is 25.7 Å². The zero-order valence-electron chi connectivity index (χ0n) is 65.0. The molecule has 0 aliphatic carbocycles. The number of ether oxygens (including phenoxy) is 4. The number of phosphoric ester groups is 2. The van der Waals surface area contributed by atoms with Gasteiger partial charge < -0.3 is 33.8 Å². The van der Waals surface area contributed by atoms with Crippen LogP contribution in [0.5, 0.6) is 0 Å². The Morgan fingerprint density at radius 2 is 0.490 bits per heavy atom. The molecule has 0 saturated carbocycles. The summed E-state index contributed by atoms with van der Waals surface area (Å²) in [5.41, 5.74) is 0. The molecule has 19 heteroatoms. The fourth-order valence-electron chi connectivity index (χ4n) is 11.4. The SMILES string of the molecule is CCCCC/C=C\C/C=C\C/C=C\C/C=C\CCCC(=O)OC[C@H](COP(=O)(O)OC[C@@H](O)COP(=O)(O)OC[C@@H](COC(=O)CCCCCCCCCCCCCCCCCCC)OC(=O)CCCCCCCCCCCCCCC)OC(=O)CCCCCCC/C=C\C/C=C\CCCCC. The van der Waals surface area contributed by atoms with Gasteiger partial charge in [-0.1, -0.05) is 325 Å². The lowest BCUT2D eigenvalue weighted by Crippen LogP contribution is -2.30. The molecule has 5 atom stereocenters. The molecule has 102 heavy (non-hydrogen) atoms. The number of hydrogen-bond acceptors (Lipinski definition) is 15. The van der Waals surface area contributed by atoms with Gasteiger partial charge in [0.15, 0.2) is 12.2 Å². The van der Waals surface area contributed by atoms with Gasteiger partial charge in [0, 0.05) is 25.7 Å². The highest BCUT2D eigenvalue weighted by Crippen LogP contribution is 2.45. The molecule has 0 aliphatic heterocycles. The number of esters is 4. The molecule has 0 heterocycles. The predicted octanol–water partition coefficient (Wildman–Crippen LogP) is 24.0. The van der Waals surface area contributed by atoms with Gasteiger partial charge in [-0.2, -0.15) is 0 Å². The molecule has 0 bridgehead atoms. The molecule has 3 N–H and O–H groups in total. The first-order valence-electron chi connectivity index (χ1n) is 41.2. The summed E-state index contributed by atoms with van der Waals surface area (Å²) in [6.07, 6.45) is 77.4. The number of rotatable bonds is 78. The molecule has 0 fully saturated rings. The fraction of sp³-hybridized carbons (Fsp3) is 0.807. The van der Waals surface area contributed by atoms with Gasteiger partial charge in [-0.3, -0.25) is 37.3 Å². The summed E-state index contributed by atoms with van der Waals surface area (Å²) < 4.78 is 68.6. The smallest absolute Gasteiger partial charge is 0.462 e. The number of aliphatic hydroxyl groups excluding tert-OH is 1. The lowest BCUT2D eigenvalue weighted by molar-refractivity contribution is -0.161. The fourth-order valence-corrected chi connectivity index (χ4v) is 12.9. The summed E-state index contributed by atoms with van der Waals surface area (Å²) >= 11 is 0. The van der Waals surface area contributed by atoms with Crippen molar-refractivity contribution in [2.24, 2.45) is 0 Å². The maximum atomic E-state index is 13.1. The maximum Gasteiger partial charge on any atom is 0.472 e. The van der Waals surface area contributed by atoms with E-state index in [0.29, 0.717) is 32.1 Å². The third-order valence-electron chi connectivity index (χ3n) is 17.7. The number of phosphoric acid groups is 2. The van der Waals surface area contributed by atoms with E-state index < -0.39 is 97.5 Å². The number of carbonyl (C=O) groups is 4. The Bertz CT molecular complexity index is 2210. The van der Waals surface area contributed by atoms with Gasteiger partial charge in [-0.15, -0.1) is 0 Å². The summed E-state index contributed by atoms with van der Waals surface area (Å²) in [6, 6.07) is 0. The predicted molar refractivity (Wildman–Crippen MR) is 418 cm³/mol. The Hall–Kier alpha value is -3.50. The van der Waals surface area contributed by atoms with Crippen molar-refractivity contribution in [3.63, 3.8) is 0 Å². The standard InChI is InChI=1S/C83H150O17P2/c1-5-9-13-17-21-25-29-33-36-38-41-44-47-51-55-59-63-67-80(85)93-73-78(99-82(87)69-65-61-57-53-49-43-32-28-24-20-16-12-8-4)75-97-101(89,90)95-71-77(84)72-96-102(91,92)98-76-79(100-83(88)70-66-62-58-54-50-46-40-35-31-27-23-19-15-11-7-3)74-94-81(86)68-64-60-56-52-48-45-42-39-37-34-30-26-22-18-14-10-6-2/h22-23,26-27,34-35,37,40,42,45,52,56,77-79,84H,5-21,24-25,28-33,36,38-39,41,43-44,46-51,53-55,57-76H2,1-4H3,(H,89,90)(H,91,92)/b26-22-,27-23-,37-34-,40-35-,45-42-,56-52-/t77-,78+,79+/m0/s1. The number of unbranched alkanes of at least 4 members (excludes halogenated alkanes) is 40. The van der Waals surface area contributed by atoms with Gasteiger partial charge in [0.05, 0.1) is 26.4 Å². The minimum Gasteiger partial charge on any atom is -0.462 e. The van der Waals surface area contributed by atoms with Crippen molar-refractivity contribution in [3.05, 3.63) is 72.9 Å². The minimum absolute atomic E-state index is 0.0698. The number of hydrogen-bond donors (Lipinski definition) is 3. The Balaban J connectivity index is 5.36. The number of aliphatic hydroxyl groups is 1. The molecule has 0 rings (SSSR count). The Labute approximate surface area is 622 Å². The zero-order chi connectivity index (χ0) is 74.6. The Morgan fingerprint density at radius 1 is 0.275 bits per heavy atom. The first kappa shape index (κ1) is 98.5. The molecule has 0 aromatic heterocycles. The van der Waals surface area contributed by atoms with E-state index >= 15 is 0 Å². The first-order valence-corrected chi connectivity index (χ1v) is 44.2. The van der Waals surface area contributed by atoms with Crippen molar-refractivity contribution in [2.75, 3.05) is 39.6 Å². The van der Waals surface area contributed by atoms with Gasteiger partial charge >= 0.3 is 39.5 Å². The van der Waals surface area contributed by atoms with E-state index in [9.17, 15) is 43.2 Å². The van der Waals surface area contributed by atoms with E-state index in [1.54, 1.807) is 0 Å². The van der Waals surface area contributed by atoms with Crippen LogP contribution in [-0.4, -0.2) is 96.7 Å². The van der Waals surface area contributed by atoms with E-state index in [1.807, 2.05) is 12.2 Å². The van der Waals surface area contributed by atoms with Crippen molar-refractivity contribution >= 4 is 39.5 Å². The van der Waals surface area contributed by atoms with E-state index in [4.69, 9.17) is 37.0 Å². The van der Waals surface area contributed by atoms with Gasteiger partial charge in [-0.05, 0) is 96.3 Å². The molecular weight excluding hydrogens is 1330 g/mol. The molecule has 0 aliphatic rings. The van der Waals surface area contributed by atoms with E-state index in [2.05, 4.69) is 88.5 Å². The third kappa shape index (κ3) is 74.8. The average molecular weight is 1480 g/mol. The molecular formula is C83H150O17P2. The van der Waals surface area contributed by atoms with E-state index in [1.165, 1.54) is 173 Å². The normalized spacial score (nSPS) is 14.2. The minimum atomic E-state index is -4.99. The molecule has 0 aromatic carbocycles. The molecule has 0 radical (unpaired) electrons. The van der Waals surface area contributed by atoms with Crippen molar-refractivity contribution in [3.8, 4) is 0 Å². The lowest BCUT2D eigenvalue weighted by atomic mass is 10.0. The van der Waals surface area contributed by atoms with Crippen molar-refractivity contribution in [1.29, 1.82) is 0 Å². The van der Waals surface area contributed by atoms with Crippen LogP contribution in [0.2, 0.25) is 0 Å². The molecule has 594 valence electrons. The van der Waals surface area contributed by atoms with Crippen LogP contribution in [0.15, 0.2) is 72.9 Å². The summed E-state index contributed by atoms with van der Waals surface area (Å²) in [5.74, 6) is -2.22. The Morgan fingerprint density at radius 3 is 0.794 bits per heavy atom. The second kappa shape index (κ2) is 75.7. The summed E-state index contributed by atoms with van der Waals surface area (Å²) in [7, 11) is -9.96. The van der Waals surface area contributed by atoms with Crippen LogP contribution >= 0.6 is 15.6 Å². The van der Waals surface area contributed by atoms with Crippen LogP contribution in [0.25, 0.3) is 0 Å². The quantitative estimate of drug-likeness (QED) is 0.0169. The van der Waals surface area contributed by atoms with Gasteiger partial charge in [0.2, 0.25) is 0 Å². The first-order chi connectivity index (χ1) is 49.7. The zero-order valence-corrected chi connectivity index (χ0v) is 66.8.